The maximum atomic E-state index is 13.5. The van der Waals surface area contributed by atoms with Gasteiger partial charge in [-0.2, -0.15) is 0 Å². The predicted molar refractivity (Wildman–Crippen MR) is 127 cm³/mol. The fraction of sp³-hybridized carbons (Fsp3) is 0.300. The van der Waals surface area contributed by atoms with E-state index in [9.17, 15) is 35.9 Å². The van der Waals surface area contributed by atoms with Gasteiger partial charge in [-0.25, -0.2) is 41.7 Å². The average Bonchev–Trinajstić information content (AvgIpc) is 2.81. The van der Waals surface area contributed by atoms with Crippen molar-refractivity contribution < 1.29 is 50.7 Å². The van der Waals surface area contributed by atoms with Gasteiger partial charge in [0.1, 0.15) is 11.6 Å². The summed E-state index contributed by atoms with van der Waals surface area (Å²) in [6.45, 7) is 0. The Morgan fingerprint density at radius 2 is 1.28 bits per heavy atom. The van der Waals surface area contributed by atoms with Crippen molar-refractivity contribution in [2.45, 2.75) is 12.9 Å². The van der Waals surface area contributed by atoms with E-state index in [1.165, 1.54) is 20.2 Å². The summed E-state index contributed by atoms with van der Waals surface area (Å²) in [7, 11) is 5.73. The molecule has 0 saturated carbocycles. The van der Waals surface area contributed by atoms with Crippen molar-refractivity contribution in [1.29, 1.82) is 0 Å². The number of benzene rings is 2. The molecule has 1 amide bonds. The molecule has 2 aromatic carbocycles. The van der Waals surface area contributed by atoms with Gasteiger partial charge in [0.2, 0.25) is 0 Å². The maximum Gasteiger partial charge on any atom is 0.336 e. The van der Waals surface area contributed by atoms with Crippen LogP contribution in [0.25, 0.3) is 0 Å². The third kappa shape index (κ3) is 10.2. The van der Waals surface area contributed by atoms with Gasteiger partial charge in [-0.3, -0.25) is 9.63 Å². The summed E-state index contributed by atoms with van der Waals surface area (Å²) in [4.78, 5) is 31.0. The summed E-state index contributed by atoms with van der Waals surface area (Å²) < 4.78 is 76.3. The summed E-state index contributed by atoms with van der Waals surface area (Å²) in [6.07, 6.45) is -6.24. The highest BCUT2D eigenvalue weighted by atomic mass is 79.9. The van der Waals surface area contributed by atoms with Crippen LogP contribution in [-0.4, -0.2) is 50.4 Å². The first kappa shape index (κ1) is 36.2. The third-order valence-electron chi connectivity index (χ3n) is 3.93. The maximum absolute atomic E-state index is 13.5. The van der Waals surface area contributed by atoms with Crippen molar-refractivity contribution in [2.24, 2.45) is 0 Å². The second-order valence-corrected chi connectivity index (χ2v) is 7.65. The number of hydrogen-bond donors (Lipinski definition) is 2. The van der Waals surface area contributed by atoms with Crippen LogP contribution in [0.4, 0.5) is 26.3 Å². The Morgan fingerprint density at radius 1 is 0.917 bits per heavy atom. The molecule has 0 radical (unpaired) electrons. The SMILES string of the molecule is CNOC.CON(C)C(=O)c1ccc(Br)c(F)c1C(F)F.Cl.O=C(O)c1ccc(Br)c(F)c1C(F)F. The molecule has 0 atom stereocenters. The molecule has 0 unspecified atom stereocenters. The van der Waals surface area contributed by atoms with Crippen LogP contribution in [-0.2, 0) is 9.68 Å². The first-order valence-electron chi connectivity index (χ1n) is 9.03. The van der Waals surface area contributed by atoms with E-state index >= 15 is 0 Å². The molecule has 16 heteroatoms. The van der Waals surface area contributed by atoms with Crippen LogP contribution in [0.3, 0.4) is 0 Å². The van der Waals surface area contributed by atoms with Crippen LogP contribution in [0.1, 0.15) is 44.7 Å². The Kier molecular flexibility index (Phi) is 17.6. The molecule has 0 aliphatic heterocycles. The Morgan fingerprint density at radius 3 is 1.58 bits per heavy atom. The van der Waals surface area contributed by atoms with E-state index in [0.29, 0.717) is 0 Å². The van der Waals surface area contributed by atoms with Crippen molar-refractivity contribution in [3.8, 4) is 0 Å². The Bertz CT molecular complexity index is 1020. The molecule has 0 fully saturated rings. The zero-order chi connectivity index (χ0) is 27.5. The van der Waals surface area contributed by atoms with Crippen LogP contribution >= 0.6 is 44.3 Å². The predicted octanol–water partition coefficient (Wildman–Crippen LogP) is 6.57. The van der Waals surface area contributed by atoms with E-state index in [2.05, 4.69) is 47.0 Å². The summed E-state index contributed by atoms with van der Waals surface area (Å²) in [5.74, 6) is -4.80. The molecule has 0 bridgehead atoms. The number of carbonyl (C=O) groups is 2. The average molecular weight is 679 g/mol. The fourth-order valence-electron chi connectivity index (χ4n) is 2.18. The number of carboxylic acid groups (broad SMARTS) is 1. The molecule has 0 aliphatic carbocycles. The van der Waals surface area contributed by atoms with E-state index in [0.717, 1.165) is 23.3 Å². The molecule has 0 saturated heterocycles. The Hall–Kier alpha value is -1.91. The molecule has 2 N–H and O–H groups in total. The van der Waals surface area contributed by atoms with Crippen molar-refractivity contribution in [1.82, 2.24) is 10.5 Å². The highest BCUT2D eigenvalue weighted by Crippen LogP contribution is 2.32. The van der Waals surface area contributed by atoms with Gasteiger partial charge in [0, 0.05) is 14.1 Å². The van der Waals surface area contributed by atoms with E-state index in [4.69, 9.17) is 5.11 Å². The van der Waals surface area contributed by atoms with Gasteiger partial charge in [-0.15, -0.1) is 12.4 Å². The van der Waals surface area contributed by atoms with Crippen molar-refractivity contribution in [3.05, 3.63) is 67.1 Å². The molecular weight excluding hydrogens is 657 g/mol. The number of carbonyl (C=O) groups excluding carboxylic acids is 1. The van der Waals surface area contributed by atoms with Crippen molar-refractivity contribution in [3.63, 3.8) is 0 Å². The number of carboxylic acids is 1. The second kappa shape index (κ2) is 17.5. The van der Waals surface area contributed by atoms with E-state index in [-0.39, 0.29) is 21.4 Å². The minimum absolute atomic E-state index is 0. The van der Waals surface area contributed by atoms with E-state index < -0.39 is 58.6 Å². The van der Waals surface area contributed by atoms with Gasteiger partial charge in [0.05, 0.1) is 45.4 Å². The van der Waals surface area contributed by atoms with Gasteiger partial charge in [-0.05, 0) is 56.1 Å². The number of hydroxylamine groups is 3. The molecule has 0 aliphatic rings. The van der Waals surface area contributed by atoms with Crippen LogP contribution in [0.15, 0.2) is 33.2 Å². The second-order valence-electron chi connectivity index (χ2n) is 5.95. The van der Waals surface area contributed by atoms with Crippen LogP contribution in [0.5, 0.6) is 0 Å². The summed E-state index contributed by atoms with van der Waals surface area (Å²) >= 11 is 5.48. The zero-order valence-electron chi connectivity index (χ0n) is 18.9. The van der Waals surface area contributed by atoms with Crippen LogP contribution in [0, 0.1) is 11.6 Å². The number of rotatable bonds is 6. The largest absolute Gasteiger partial charge is 0.478 e. The monoisotopic (exact) mass is 676 g/mol. The van der Waals surface area contributed by atoms with Gasteiger partial charge in [0.25, 0.3) is 18.8 Å². The molecule has 7 nitrogen and oxygen atoms in total. The number of hydrogen-bond acceptors (Lipinski definition) is 5. The highest BCUT2D eigenvalue weighted by molar-refractivity contribution is 9.10. The first-order chi connectivity index (χ1) is 16.3. The quantitative estimate of drug-likeness (QED) is 0.266. The molecule has 0 aromatic heterocycles. The first-order valence-corrected chi connectivity index (χ1v) is 10.6. The molecule has 204 valence electrons. The smallest absolute Gasteiger partial charge is 0.336 e. The Balaban J connectivity index is 0. The summed E-state index contributed by atoms with van der Waals surface area (Å²) in [6, 6.07) is 4.31. The van der Waals surface area contributed by atoms with Gasteiger partial charge in [-0.1, -0.05) is 0 Å². The molecule has 0 spiro atoms. The summed E-state index contributed by atoms with van der Waals surface area (Å²) in [5.41, 5.74) is -0.745. The van der Waals surface area contributed by atoms with Crippen LogP contribution in [0.2, 0.25) is 0 Å². The highest BCUT2D eigenvalue weighted by Gasteiger charge is 2.26. The Labute approximate surface area is 225 Å². The number of nitrogens with zero attached hydrogens (tertiary/aromatic N) is 1. The van der Waals surface area contributed by atoms with Gasteiger partial charge in [0.15, 0.2) is 0 Å². The number of halogens is 9. The van der Waals surface area contributed by atoms with E-state index in [1.807, 2.05) is 0 Å². The lowest BCUT2D eigenvalue weighted by molar-refractivity contribution is -0.0759. The summed E-state index contributed by atoms with van der Waals surface area (Å²) in [5, 5.41) is 9.26. The topological polar surface area (TPSA) is 88.1 Å². The molecule has 2 rings (SSSR count). The number of nitrogens with one attached hydrogen (secondary N) is 1. The van der Waals surface area contributed by atoms with Crippen LogP contribution < -0.4 is 5.48 Å². The number of aromatic carboxylic acids is 1. The van der Waals surface area contributed by atoms with E-state index in [1.54, 1.807) is 14.2 Å². The standard InChI is InChI=1S/C10H9BrF3NO2.C8H4BrF3O2.C2H7NO.ClH/c1-15(17-2)10(16)5-3-4-6(11)8(12)7(5)9(13)14;9-4-2-1-3(8(13)14)5(6(4)10)7(11)12;1-3-4-2;/h3-4,9H,1-2H3;1-2,7H,(H,13,14);3H,1-2H3;1H. The number of alkyl halides is 4. The lowest BCUT2D eigenvalue weighted by Crippen LogP contribution is -2.26. The lowest BCUT2D eigenvalue weighted by Gasteiger charge is -2.16. The molecule has 2 aromatic rings. The van der Waals surface area contributed by atoms with Crippen molar-refractivity contribution in [2.75, 3.05) is 28.3 Å². The molecule has 36 heavy (non-hydrogen) atoms. The molecular formula is C20H21Br2ClF6N2O5. The molecule has 0 heterocycles. The fourth-order valence-corrected chi connectivity index (χ4v) is 2.88. The minimum atomic E-state index is -3.15. The van der Waals surface area contributed by atoms with Gasteiger partial charge >= 0.3 is 5.97 Å². The third-order valence-corrected chi connectivity index (χ3v) is 5.15. The lowest BCUT2D eigenvalue weighted by atomic mass is 10.1. The number of amides is 1. The van der Waals surface area contributed by atoms with Gasteiger partial charge < -0.3 is 9.94 Å². The zero-order valence-corrected chi connectivity index (χ0v) is 22.9. The van der Waals surface area contributed by atoms with Crippen molar-refractivity contribution >= 4 is 56.1 Å². The minimum Gasteiger partial charge on any atom is -0.478 e. The normalized spacial score (nSPS) is 10.1.